The number of carbonyl (C=O) groups is 1. The number of rotatable bonds is 8. The summed E-state index contributed by atoms with van der Waals surface area (Å²) >= 11 is 12.6. The topological polar surface area (TPSA) is 78.2 Å². The first-order valence-electron chi connectivity index (χ1n) is 12.2. The largest absolute Gasteiger partial charge is 0.495 e. The molecule has 0 radical (unpaired) electrons. The van der Waals surface area contributed by atoms with E-state index in [1.807, 2.05) is 19.9 Å². The van der Waals surface area contributed by atoms with Crippen LogP contribution in [-0.4, -0.2) is 26.2 Å². The molecular weight excluding hydrogens is 529 g/mol. The summed E-state index contributed by atoms with van der Waals surface area (Å²) in [5, 5.41) is 0.999. The fraction of sp³-hybridized carbons (Fsp3) is 0.241. The Balaban J connectivity index is 1.75. The molecule has 0 N–H and O–H groups in total. The molecule has 1 aromatic heterocycles. The van der Waals surface area contributed by atoms with Crippen LogP contribution in [0.15, 0.2) is 63.8 Å². The Labute approximate surface area is 229 Å². The standard InChI is InChI=1S/C29H25Cl2NO6/c1-4-12-37-23-9-6-16(13-24(23)36-5-2)26-25-27(33)19-14-17(30)7-10-21(19)38-28(25)29(34)32(26)18-8-11-22(35-3)20(31)15-18/h6-11,13-15,26H,4-5,12H2,1-3H3. The summed E-state index contributed by atoms with van der Waals surface area (Å²) in [4.78, 5) is 29.2. The Bertz CT molecular complexity index is 1600. The van der Waals surface area contributed by atoms with Crippen LogP contribution in [0, 0.1) is 0 Å². The molecule has 7 nitrogen and oxygen atoms in total. The molecule has 0 aliphatic carbocycles. The van der Waals surface area contributed by atoms with Crippen molar-refractivity contribution in [3.8, 4) is 17.2 Å². The van der Waals surface area contributed by atoms with Gasteiger partial charge in [0.2, 0.25) is 5.76 Å². The van der Waals surface area contributed by atoms with Crippen molar-refractivity contribution in [1.82, 2.24) is 0 Å². The fourth-order valence-electron chi connectivity index (χ4n) is 4.63. The van der Waals surface area contributed by atoms with Crippen LogP contribution in [0.5, 0.6) is 17.2 Å². The number of methoxy groups -OCH3 is 1. The third-order valence-electron chi connectivity index (χ3n) is 6.29. The lowest BCUT2D eigenvalue weighted by Crippen LogP contribution is -2.29. The van der Waals surface area contributed by atoms with Crippen LogP contribution < -0.4 is 24.5 Å². The maximum Gasteiger partial charge on any atom is 0.295 e. The number of amides is 1. The number of fused-ring (bicyclic) bond motifs is 2. The first-order chi connectivity index (χ1) is 18.4. The average molecular weight is 554 g/mol. The number of carbonyl (C=O) groups excluding carboxylic acids is 1. The highest BCUT2D eigenvalue weighted by Crippen LogP contribution is 2.44. The first kappa shape index (κ1) is 25.9. The molecule has 0 fully saturated rings. The molecule has 3 aromatic carbocycles. The van der Waals surface area contributed by atoms with Crippen molar-refractivity contribution in [2.75, 3.05) is 25.2 Å². The van der Waals surface area contributed by atoms with Gasteiger partial charge in [-0.3, -0.25) is 14.5 Å². The zero-order valence-electron chi connectivity index (χ0n) is 21.0. The zero-order chi connectivity index (χ0) is 27.0. The van der Waals surface area contributed by atoms with E-state index in [0.717, 1.165) is 6.42 Å². The van der Waals surface area contributed by atoms with Gasteiger partial charge in [0.1, 0.15) is 11.3 Å². The minimum absolute atomic E-state index is 0.0361. The van der Waals surface area contributed by atoms with Gasteiger partial charge in [-0.1, -0.05) is 36.2 Å². The molecule has 9 heteroatoms. The average Bonchev–Trinajstić information content (AvgIpc) is 3.20. The summed E-state index contributed by atoms with van der Waals surface area (Å²) in [6, 6.07) is 14.3. The number of anilines is 1. The highest BCUT2D eigenvalue weighted by molar-refractivity contribution is 6.32. The molecule has 1 aliphatic heterocycles. The number of ether oxygens (including phenoxy) is 3. The predicted molar refractivity (Wildman–Crippen MR) is 148 cm³/mol. The minimum atomic E-state index is -0.818. The molecular formula is C29H25Cl2NO6. The molecule has 0 spiro atoms. The van der Waals surface area contributed by atoms with Crippen LogP contribution in [0.1, 0.15) is 48.0 Å². The van der Waals surface area contributed by atoms with Crippen LogP contribution in [0.3, 0.4) is 0 Å². The Hall–Kier alpha value is -3.68. The number of halogens is 2. The Morgan fingerprint density at radius 2 is 1.71 bits per heavy atom. The summed E-state index contributed by atoms with van der Waals surface area (Å²) < 4.78 is 23.0. The number of benzene rings is 3. The van der Waals surface area contributed by atoms with Gasteiger partial charge in [-0.2, -0.15) is 0 Å². The summed E-state index contributed by atoms with van der Waals surface area (Å²) in [6.45, 7) is 4.83. The summed E-state index contributed by atoms with van der Waals surface area (Å²) in [6.07, 6.45) is 0.834. The smallest absolute Gasteiger partial charge is 0.295 e. The quantitative estimate of drug-likeness (QED) is 0.232. The molecule has 4 aromatic rings. The molecule has 0 saturated heterocycles. The SMILES string of the molecule is CCCOc1ccc(C2c3c(oc4ccc(Cl)cc4c3=O)C(=O)N2c2ccc(OC)c(Cl)c2)cc1OCC. The van der Waals surface area contributed by atoms with Crippen molar-refractivity contribution in [2.45, 2.75) is 26.3 Å². The van der Waals surface area contributed by atoms with Gasteiger partial charge in [0.05, 0.1) is 42.3 Å². The second-order valence-electron chi connectivity index (χ2n) is 8.70. The van der Waals surface area contributed by atoms with Gasteiger partial charge in [-0.15, -0.1) is 0 Å². The monoisotopic (exact) mass is 553 g/mol. The Morgan fingerprint density at radius 1 is 0.921 bits per heavy atom. The van der Waals surface area contributed by atoms with Crippen LogP contribution in [0.4, 0.5) is 5.69 Å². The van der Waals surface area contributed by atoms with Crippen molar-refractivity contribution in [3.63, 3.8) is 0 Å². The normalized spacial score (nSPS) is 14.6. The van der Waals surface area contributed by atoms with Crippen molar-refractivity contribution in [2.24, 2.45) is 0 Å². The number of hydrogen-bond acceptors (Lipinski definition) is 6. The third kappa shape index (κ3) is 4.46. The van der Waals surface area contributed by atoms with E-state index in [-0.39, 0.29) is 27.7 Å². The fourth-order valence-corrected chi connectivity index (χ4v) is 5.05. The van der Waals surface area contributed by atoms with E-state index in [2.05, 4.69) is 0 Å². The Morgan fingerprint density at radius 3 is 2.42 bits per heavy atom. The summed E-state index contributed by atoms with van der Waals surface area (Å²) in [5.41, 5.74) is 1.26. The van der Waals surface area contributed by atoms with E-state index < -0.39 is 11.9 Å². The second kappa shape index (κ2) is 10.6. The second-order valence-corrected chi connectivity index (χ2v) is 9.54. The molecule has 38 heavy (non-hydrogen) atoms. The van der Waals surface area contributed by atoms with Crippen LogP contribution in [0.2, 0.25) is 10.0 Å². The van der Waals surface area contributed by atoms with Gasteiger partial charge in [0.25, 0.3) is 5.91 Å². The van der Waals surface area contributed by atoms with Crippen molar-refractivity contribution in [1.29, 1.82) is 0 Å². The molecule has 1 unspecified atom stereocenters. The van der Waals surface area contributed by atoms with Gasteiger partial charge < -0.3 is 18.6 Å². The maximum absolute atomic E-state index is 13.9. The highest BCUT2D eigenvalue weighted by Gasteiger charge is 2.44. The van der Waals surface area contributed by atoms with Gasteiger partial charge in [0.15, 0.2) is 16.9 Å². The molecule has 1 amide bonds. The molecule has 2 heterocycles. The van der Waals surface area contributed by atoms with E-state index >= 15 is 0 Å². The van der Waals surface area contributed by atoms with Gasteiger partial charge >= 0.3 is 0 Å². The van der Waals surface area contributed by atoms with Crippen molar-refractivity contribution < 1.29 is 23.4 Å². The predicted octanol–water partition coefficient (Wildman–Crippen LogP) is 7.05. The molecule has 0 bridgehead atoms. The lowest BCUT2D eigenvalue weighted by molar-refractivity contribution is 0.0971. The van der Waals surface area contributed by atoms with Gasteiger partial charge in [0, 0.05) is 10.7 Å². The van der Waals surface area contributed by atoms with E-state index in [0.29, 0.717) is 51.8 Å². The first-order valence-corrected chi connectivity index (χ1v) is 13.0. The summed E-state index contributed by atoms with van der Waals surface area (Å²) in [5.74, 6) is 1.05. The zero-order valence-corrected chi connectivity index (χ0v) is 22.6. The maximum atomic E-state index is 13.9. The van der Waals surface area contributed by atoms with Gasteiger partial charge in [-0.05, 0) is 67.4 Å². The van der Waals surface area contributed by atoms with Crippen LogP contribution in [0.25, 0.3) is 11.0 Å². The van der Waals surface area contributed by atoms with E-state index in [4.69, 9.17) is 41.8 Å². The number of nitrogens with zero attached hydrogens (tertiary/aromatic N) is 1. The van der Waals surface area contributed by atoms with Crippen molar-refractivity contribution >= 4 is 45.8 Å². The van der Waals surface area contributed by atoms with E-state index in [1.165, 1.54) is 12.0 Å². The molecule has 1 aliphatic rings. The minimum Gasteiger partial charge on any atom is -0.495 e. The van der Waals surface area contributed by atoms with E-state index in [9.17, 15) is 9.59 Å². The van der Waals surface area contributed by atoms with Gasteiger partial charge in [-0.25, -0.2) is 0 Å². The lowest BCUT2D eigenvalue weighted by Gasteiger charge is -2.26. The molecule has 0 saturated carbocycles. The lowest BCUT2D eigenvalue weighted by atomic mass is 9.97. The highest BCUT2D eigenvalue weighted by atomic mass is 35.5. The third-order valence-corrected chi connectivity index (χ3v) is 6.82. The molecule has 1 atom stereocenters. The van der Waals surface area contributed by atoms with Crippen LogP contribution >= 0.6 is 23.2 Å². The molecule has 196 valence electrons. The molecule has 5 rings (SSSR count). The summed E-state index contributed by atoms with van der Waals surface area (Å²) in [7, 11) is 1.51. The van der Waals surface area contributed by atoms with Crippen LogP contribution in [-0.2, 0) is 0 Å². The number of hydrogen-bond donors (Lipinski definition) is 0. The van der Waals surface area contributed by atoms with Crippen molar-refractivity contribution in [3.05, 3.63) is 91.8 Å². The van der Waals surface area contributed by atoms with E-state index in [1.54, 1.807) is 48.5 Å². The Kier molecular flexibility index (Phi) is 7.23.